The third-order valence-corrected chi connectivity index (χ3v) is 4.28. The summed E-state index contributed by atoms with van der Waals surface area (Å²) in [6.07, 6.45) is -14.1. The van der Waals surface area contributed by atoms with Crippen molar-refractivity contribution in [3.05, 3.63) is 0 Å². The first-order chi connectivity index (χ1) is 11.3. The summed E-state index contributed by atoms with van der Waals surface area (Å²) in [5, 5.41) is 76.6. The van der Waals surface area contributed by atoms with Crippen molar-refractivity contribution >= 4 is 0 Å². The molecule has 0 amide bonds. The van der Waals surface area contributed by atoms with Crippen LogP contribution in [0.5, 0.6) is 0 Å². The van der Waals surface area contributed by atoms with E-state index in [0.29, 0.717) is 0 Å². The summed E-state index contributed by atoms with van der Waals surface area (Å²) < 4.78 is 15.5. The van der Waals surface area contributed by atoms with Gasteiger partial charge in [-0.1, -0.05) is 0 Å². The van der Waals surface area contributed by atoms with Gasteiger partial charge in [-0.15, -0.1) is 0 Å². The van der Waals surface area contributed by atoms with Crippen molar-refractivity contribution in [2.75, 3.05) is 19.8 Å². The first-order valence-electron chi connectivity index (χ1n) is 7.54. The van der Waals surface area contributed by atoms with Gasteiger partial charge < -0.3 is 55.1 Å². The molecule has 24 heavy (non-hydrogen) atoms. The van der Waals surface area contributed by atoms with Gasteiger partial charge in [-0.3, -0.25) is 0 Å². The Morgan fingerprint density at radius 1 is 0.625 bits per heavy atom. The predicted octanol–water partition coefficient (Wildman–Crippen LogP) is -5.35. The van der Waals surface area contributed by atoms with E-state index in [2.05, 4.69) is 0 Å². The van der Waals surface area contributed by atoms with Crippen LogP contribution >= 0.6 is 0 Å². The van der Waals surface area contributed by atoms with Gasteiger partial charge in [0.2, 0.25) is 0 Å². The Hall–Kier alpha value is -0.440. The third-order valence-electron chi connectivity index (χ3n) is 4.28. The Bertz CT molecular complexity index is 392. The molecule has 0 saturated carbocycles. The molecule has 0 aliphatic carbocycles. The maximum atomic E-state index is 9.94. The number of aliphatic hydroxyl groups is 8. The van der Waals surface area contributed by atoms with Crippen molar-refractivity contribution in [3.63, 3.8) is 0 Å². The van der Waals surface area contributed by atoms with E-state index in [4.69, 9.17) is 19.3 Å². The van der Waals surface area contributed by atoms with Crippen LogP contribution in [0.4, 0.5) is 0 Å². The molecule has 8 N–H and O–H groups in total. The Morgan fingerprint density at radius 2 is 1.21 bits per heavy atom. The standard InChI is InChI=1S/C13H24O11/c14-1-4-7(16)9(18)8(17)6(23-4)3-22-12-5(2-15)24-13(21)11(20)10(12)19/h4-21H,1-3H2. The fraction of sp³-hybridized carbons (Fsp3) is 1.00. The molecule has 11 nitrogen and oxygen atoms in total. The summed E-state index contributed by atoms with van der Waals surface area (Å²) in [6, 6.07) is 0. The fourth-order valence-corrected chi connectivity index (χ4v) is 2.80. The average molecular weight is 356 g/mol. The molecule has 142 valence electrons. The molecule has 2 fully saturated rings. The Labute approximate surface area is 137 Å². The molecule has 0 aromatic carbocycles. The van der Waals surface area contributed by atoms with E-state index < -0.39 is 81.0 Å². The molecule has 2 rings (SSSR count). The van der Waals surface area contributed by atoms with Gasteiger partial charge in [0, 0.05) is 0 Å². The molecular formula is C13H24O11. The maximum absolute atomic E-state index is 9.94. The van der Waals surface area contributed by atoms with Crippen LogP contribution in [-0.2, 0) is 14.2 Å². The second kappa shape index (κ2) is 8.29. The normalized spacial score (nSPS) is 50.0. The van der Waals surface area contributed by atoms with Gasteiger partial charge in [0.15, 0.2) is 6.29 Å². The van der Waals surface area contributed by atoms with Gasteiger partial charge in [-0.25, -0.2) is 0 Å². The molecule has 0 radical (unpaired) electrons. The molecule has 10 unspecified atom stereocenters. The quantitative estimate of drug-likeness (QED) is 0.235. The number of hydrogen-bond donors (Lipinski definition) is 8. The molecule has 11 heteroatoms. The summed E-state index contributed by atoms with van der Waals surface area (Å²) in [6.45, 7) is -1.60. The zero-order chi connectivity index (χ0) is 18.0. The summed E-state index contributed by atoms with van der Waals surface area (Å²) in [5.41, 5.74) is 0. The second-order valence-electron chi connectivity index (χ2n) is 5.89. The van der Waals surface area contributed by atoms with E-state index in [1.54, 1.807) is 0 Å². The lowest BCUT2D eigenvalue weighted by atomic mass is 9.95. The third kappa shape index (κ3) is 3.86. The van der Waals surface area contributed by atoms with E-state index in [0.717, 1.165) is 0 Å². The Balaban J connectivity index is 2.00. The predicted molar refractivity (Wildman–Crippen MR) is 73.5 cm³/mol. The van der Waals surface area contributed by atoms with E-state index in [1.807, 2.05) is 0 Å². The van der Waals surface area contributed by atoms with Crippen LogP contribution in [0, 0.1) is 0 Å². The number of aliphatic hydroxyl groups excluding tert-OH is 8. The minimum atomic E-state index is -1.69. The van der Waals surface area contributed by atoms with Gasteiger partial charge in [0.05, 0.1) is 19.8 Å². The SMILES string of the molecule is OCC1OC(COC2C(CO)OC(O)C(O)C2O)C(O)C(O)C1O. The van der Waals surface area contributed by atoms with Crippen LogP contribution in [0.3, 0.4) is 0 Å². The number of rotatable bonds is 5. The molecule has 0 aromatic heterocycles. The molecule has 0 aromatic rings. The summed E-state index contributed by atoms with van der Waals surface area (Å²) in [5.74, 6) is 0. The maximum Gasteiger partial charge on any atom is 0.184 e. The minimum absolute atomic E-state index is 0.397. The van der Waals surface area contributed by atoms with Crippen LogP contribution in [0.1, 0.15) is 0 Å². The van der Waals surface area contributed by atoms with E-state index >= 15 is 0 Å². The molecule has 10 atom stereocenters. The lowest BCUT2D eigenvalue weighted by molar-refractivity contribution is -0.303. The second-order valence-corrected chi connectivity index (χ2v) is 5.89. The van der Waals surface area contributed by atoms with Crippen LogP contribution < -0.4 is 0 Å². The van der Waals surface area contributed by atoms with Gasteiger partial charge in [-0.2, -0.15) is 0 Å². The highest BCUT2D eigenvalue weighted by atomic mass is 16.7. The summed E-state index contributed by atoms with van der Waals surface area (Å²) in [7, 11) is 0. The monoisotopic (exact) mass is 356 g/mol. The van der Waals surface area contributed by atoms with E-state index in [1.165, 1.54) is 0 Å². The van der Waals surface area contributed by atoms with Gasteiger partial charge in [0.25, 0.3) is 0 Å². The summed E-state index contributed by atoms with van der Waals surface area (Å²) in [4.78, 5) is 0. The van der Waals surface area contributed by atoms with Crippen molar-refractivity contribution < 1.29 is 55.1 Å². The smallest absolute Gasteiger partial charge is 0.184 e. The highest BCUT2D eigenvalue weighted by molar-refractivity contribution is 4.94. The molecule has 0 spiro atoms. The fourth-order valence-electron chi connectivity index (χ4n) is 2.80. The summed E-state index contributed by atoms with van der Waals surface area (Å²) >= 11 is 0. The van der Waals surface area contributed by atoms with Crippen molar-refractivity contribution in [2.24, 2.45) is 0 Å². The largest absolute Gasteiger partial charge is 0.394 e. The first-order valence-corrected chi connectivity index (χ1v) is 7.54. The molecule has 2 aliphatic rings. The van der Waals surface area contributed by atoms with Gasteiger partial charge >= 0.3 is 0 Å². The van der Waals surface area contributed by atoms with E-state index in [9.17, 15) is 35.7 Å². The zero-order valence-electron chi connectivity index (χ0n) is 12.7. The molecule has 2 aliphatic heterocycles. The first kappa shape index (κ1) is 19.9. The van der Waals surface area contributed by atoms with Gasteiger partial charge in [-0.05, 0) is 0 Å². The Kier molecular flexibility index (Phi) is 6.87. The number of hydrogen-bond acceptors (Lipinski definition) is 11. The Morgan fingerprint density at radius 3 is 1.79 bits per heavy atom. The van der Waals surface area contributed by atoms with Crippen molar-refractivity contribution in [1.82, 2.24) is 0 Å². The topological polar surface area (TPSA) is 190 Å². The zero-order valence-corrected chi connectivity index (χ0v) is 12.7. The highest BCUT2D eigenvalue weighted by Crippen LogP contribution is 2.25. The molecule has 2 heterocycles. The number of ether oxygens (including phenoxy) is 3. The van der Waals surface area contributed by atoms with Crippen LogP contribution in [-0.4, -0.2) is 122 Å². The van der Waals surface area contributed by atoms with Crippen LogP contribution in [0.25, 0.3) is 0 Å². The lowest BCUT2D eigenvalue weighted by Crippen LogP contribution is -2.62. The highest BCUT2D eigenvalue weighted by Gasteiger charge is 2.47. The molecular weight excluding hydrogens is 332 g/mol. The molecule has 2 saturated heterocycles. The minimum Gasteiger partial charge on any atom is -0.394 e. The van der Waals surface area contributed by atoms with Crippen molar-refractivity contribution in [3.8, 4) is 0 Å². The molecule has 0 bridgehead atoms. The van der Waals surface area contributed by atoms with Gasteiger partial charge in [0.1, 0.15) is 54.9 Å². The van der Waals surface area contributed by atoms with Crippen molar-refractivity contribution in [1.29, 1.82) is 0 Å². The average Bonchev–Trinajstić information content (AvgIpc) is 2.58. The van der Waals surface area contributed by atoms with Crippen molar-refractivity contribution in [2.45, 2.75) is 61.2 Å². The van der Waals surface area contributed by atoms with Crippen LogP contribution in [0.2, 0.25) is 0 Å². The van der Waals surface area contributed by atoms with E-state index in [-0.39, 0.29) is 0 Å². The van der Waals surface area contributed by atoms with Crippen LogP contribution in [0.15, 0.2) is 0 Å². The lowest BCUT2D eigenvalue weighted by Gasteiger charge is -2.43.